The van der Waals surface area contributed by atoms with Crippen LogP contribution in [0.1, 0.15) is 79.1 Å². The second-order valence-corrected chi connectivity index (χ2v) is 13.5. The van der Waals surface area contributed by atoms with E-state index in [1.165, 1.54) is 0 Å². The van der Waals surface area contributed by atoms with Gasteiger partial charge in [-0.3, -0.25) is 0 Å². The fraction of sp³-hybridized carbons (Fsp3) is 0.618. The minimum Gasteiger partial charge on any atom is -0.387 e. The number of hydrogen-bond donors (Lipinski definition) is 2. The topological polar surface area (TPSA) is 149 Å². The molecule has 0 spiro atoms. The summed E-state index contributed by atoms with van der Waals surface area (Å²) < 4.78 is 0. The molecule has 0 saturated carbocycles. The summed E-state index contributed by atoms with van der Waals surface area (Å²) in [6.07, 6.45) is 6.79. The zero-order valence-electron chi connectivity index (χ0n) is 27.1. The van der Waals surface area contributed by atoms with Crippen LogP contribution in [0.2, 0.25) is 0 Å². The second kappa shape index (κ2) is 15.8. The lowest BCUT2D eigenvalue weighted by Gasteiger charge is -2.39. The van der Waals surface area contributed by atoms with Crippen molar-refractivity contribution in [3.05, 3.63) is 45.0 Å². The molecule has 0 aromatic heterocycles. The van der Waals surface area contributed by atoms with Gasteiger partial charge in [-0.15, -0.1) is 0 Å². The van der Waals surface area contributed by atoms with Crippen LogP contribution >= 0.6 is 0 Å². The van der Waals surface area contributed by atoms with Gasteiger partial charge in [-0.2, -0.15) is 26.3 Å². The maximum absolute atomic E-state index is 9.81. The van der Waals surface area contributed by atoms with Crippen molar-refractivity contribution in [1.82, 2.24) is 20.4 Å². The Morgan fingerprint density at radius 1 is 0.651 bits per heavy atom. The maximum Gasteiger partial charge on any atom is 0.135 e. The van der Waals surface area contributed by atoms with Crippen molar-refractivity contribution in [2.75, 3.05) is 47.3 Å². The molecule has 0 heterocycles. The summed E-state index contributed by atoms with van der Waals surface area (Å²) in [4.78, 5) is 4.31. The van der Waals surface area contributed by atoms with Gasteiger partial charge in [-0.05, 0) is 63.5 Å². The standard InChI is InChI=1S/C34H47N9/c1-33(2)16-27(25(20-35)21-36)29(24-39)30(18-33)40-12-10-8-9-11-13-41-31-19-34(3,4)17-28(26(22-37)23-38)32(31)43(7)15-14-42(5)6/h40-41H,8-19H2,1-7H3. The van der Waals surface area contributed by atoms with E-state index in [9.17, 15) is 26.3 Å². The van der Waals surface area contributed by atoms with Crippen LogP contribution < -0.4 is 10.6 Å². The molecule has 0 saturated heterocycles. The third-order valence-corrected chi connectivity index (χ3v) is 8.00. The van der Waals surface area contributed by atoms with E-state index in [2.05, 4.69) is 66.3 Å². The highest BCUT2D eigenvalue weighted by atomic mass is 15.2. The van der Waals surface area contributed by atoms with E-state index in [-0.39, 0.29) is 22.0 Å². The summed E-state index contributed by atoms with van der Waals surface area (Å²) in [5.41, 5.74) is 4.78. The minimum absolute atomic E-state index is 0.0266. The van der Waals surface area contributed by atoms with E-state index in [4.69, 9.17) is 0 Å². The van der Waals surface area contributed by atoms with Crippen LogP contribution in [0.25, 0.3) is 0 Å². The molecule has 0 fully saturated rings. The van der Waals surface area contributed by atoms with Crippen LogP contribution in [0.15, 0.2) is 45.0 Å². The van der Waals surface area contributed by atoms with Gasteiger partial charge < -0.3 is 20.4 Å². The Bertz CT molecular complexity index is 1340. The summed E-state index contributed by atoms with van der Waals surface area (Å²) in [6.45, 7) is 11.8. The largest absolute Gasteiger partial charge is 0.387 e. The molecule has 0 amide bonds. The Morgan fingerprint density at radius 2 is 1.12 bits per heavy atom. The van der Waals surface area contributed by atoms with Gasteiger partial charge in [0.1, 0.15) is 41.5 Å². The first-order chi connectivity index (χ1) is 20.3. The molecule has 0 radical (unpaired) electrons. The number of likely N-dealkylation sites (N-methyl/N-ethyl adjacent to an activating group) is 2. The lowest BCUT2D eigenvalue weighted by molar-refractivity contribution is 0.286. The van der Waals surface area contributed by atoms with Crippen molar-refractivity contribution < 1.29 is 0 Å². The van der Waals surface area contributed by atoms with Gasteiger partial charge in [-0.25, -0.2) is 0 Å². The number of rotatable bonds is 13. The van der Waals surface area contributed by atoms with Crippen molar-refractivity contribution in [2.45, 2.75) is 79.1 Å². The molecule has 0 aromatic rings. The van der Waals surface area contributed by atoms with E-state index in [0.29, 0.717) is 30.4 Å². The van der Waals surface area contributed by atoms with Crippen molar-refractivity contribution >= 4 is 0 Å². The Morgan fingerprint density at radius 3 is 1.60 bits per heavy atom. The molecule has 0 aromatic carbocycles. The predicted molar refractivity (Wildman–Crippen MR) is 168 cm³/mol. The fourth-order valence-electron chi connectivity index (χ4n) is 5.92. The number of hydrogen-bond acceptors (Lipinski definition) is 9. The molecule has 9 heteroatoms. The summed E-state index contributed by atoms with van der Waals surface area (Å²) >= 11 is 0. The van der Waals surface area contributed by atoms with Crippen LogP contribution in [-0.2, 0) is 0 Å². The van der Waals surface area contributed by atoms with Gasteiger partial charge >= 0.3 is 0 Å². The number of nitriles is 5. The van der Waals surface area contributed by atoms with Gasteiger partial charge in [0, 0.05) is 55.8 Å². The highest BCUT2D eigenvalue weighted by molar-refractivity contribution is 5.57. The highest BCUT2D eigenvalue weighted by Crippen LogP contribution is 2.43. The fourth-order valence-corrected chi connectivity index (χ4v) is 5.92. The Balaban J connectivity index is 2.04. The lowest BCUT2D eigenvalue weighted by Crippen LogP contribution is -2.37. The molecule has 0 unspecified atom stereocenters. The average Bonchev–Trinajstić information content (AvgIpc) is 2.93. The van der Waals surface area contributed by atoms with Crippen LogP contribution in [0.4, 0.5) is 0 Å². The molecule has 2 N–H and O–H groups in total. The van der Waals surface area contributed by atoms with E-state index in [1.807, 2.05) is 33.3 Å². The molecular formula is C34H47N9. The summed E-state index contributed by atoms with van der Waals surface area (Å²) in [6, 6.07) is 10.4. The zero-order chi connectivity index (χ0) is 32.2. The van der Waals surface area contributed by atoms with Crippen molar-refractivity contribution in [2.24, 2.45) is 10.8 Å². The smallest absolute Gasteiger partial charge is 0.135 e. The van der Waals surface area contributed by atoms with Gasteiger partial charge in [0.2, 0.25) is 0 Å². The summed E-state index contributed by atoms with van der Waals surface area (Å²) in [5.74, 6) is 0. The first kappa shape index (κ1) is 35.0. The first-order valence-corrected chi connectivity index (χ1v) is 15.1. The molecular weight excluding hydrogens is 534 g/mol. The molecule has 2 aliphatic carbocycles. The van der Waals surface area contributed by atoms with E-state index in [0.717, 1.165) is 80.9 Å². The third kappa shape index (κ3) is 9.93. The van der Waals surface area contributed by atoms with E-state index < -0.39 is 0 Å². The van der Waals surface area contributed by atoms with E-state index in [1.54, 1.807) is 0 Å². The highest BCUT2D eigenvalue weighted by Gasteiger charge is 2.34. The van der Waals surface area contributed by atoms with Crippen molar-refractivity contribution in [1.29, 1.82) is 26.3 Å². The van der Waals surface area contributed by atoms with Gasteiger partial charge in [0.05, 0.1) is 11.3 Å². The quantitative estimate of drug-likeness (QED) is 0.211. The number of nitrogens with zero attached hydrogens (tertiary/aromatic N) is 7. The van der Waals surface area contributed by atoms with Crippen LogP contribution in [0, 0.1) is 67.5 Å². The Kier molecular flexibility index (Phi) is 12.9. The number of nitrogens with one attached hydrogen (secondary N) is 2. The van der Waals surface area contributed by atoms with Gasteiger partial charge in [0.15, 0.2) is 0 Å². The normalized spacial score (nSPS) is 17.3. The molecule has 0 atom stereocenters. The van der Waals surface area contributed by atoms with Crippen molar-refractivity contribution in [3.8, 4) is 30.3 Å². The molecule has 228 valence electrons. The Hall–Kier alpha value is -4.23. The van der Waals surface area contributed by atoms with Gasteiger partial charge in [0.25, 0.3) is 0 Å². The van der Waals surface area contributed by atoms with Gasteiger partial charge in [-0.1, -0.05) is 40.5 Å². The SMILES string of the molecule is CN(C)CCN(C)C1=C(NCCCCCCNC2=C(C#N)C(=C(C#N)C#N)CC(C)(C)C2)CC(C)(C)CC1=C(C#N)C#N. The summed E-state index contributed by atoms with van der Waals surface area (Å²) in [7, 11) is 6.12. The zero-order valence-corrected chi connectivity index (χ0v) is 27.1. The molecule has 0 aliphatic heterocycles. The second-order valence-electron chi connectivity index (χ2n) is 13.5. The monoisotopic (exact) mass is 581 g/mol. The average molecular weight is 582 g/mol. The van der Waals surface area contributed by atoms with Crippen LogP contribution in [-0.4, -0.2) is 57.1 Å². The minimum atomic E-state index is -0.138. The molecule has 9 nitrogen and oxygen atoms in total. The molecule has 2 rings (SSSR count). The maximum atomic E-state index is 9.81. The Labute approximate surface area is 259 Å². The lowest BCUT2D eigenvalue weighted by atomic mass is 9.73. The number of unbranched alkanes of at least 4 members (excludes halogenated alkanes) is 3. The predicted octanol–water partition coefficient (Wildman–Crippen LogP) is 5.54. The molecule has 43 heavy (non-hydrogen) atoms. The molecule has 2 aliphatic rings. The number of allylic oxidation sites excluding steroid dienone is 7. The van der Waals surface area contributed by atoms with Crippen molar-refractivity contribution in [3.63, 3.8) is 0 Å². The van der Waals surface area contributed by atoms with Crippen LogP contribution in [0.5, 0.6) is 0 Å². The first-order valence-electron chi connectivity index (χ1n) is 15.1. The molecule has 0 bridgehead atoms. The van der Waals surface area contributed by atoms with E-state index >= 15 is 0 Å². The van der Waals surface area contributed by atoms with Crippen LogP contribution in [0.3, 0.4) is 0 Å². The summed E-state index contributed by atoms with van der Waals surface area (Å²) in [5, 5.41) is 55.2. The third-order valence-electron chi connectivity index (χ3n) is 8.00.